The van der Waals surface area contributed by atoms with Crippen LogP contribution < -0.4 is 16.1 Å². The van der Waals surface area contributed by atoms with E-state index in [1.54, 1.807) is 37.3 Å². The Morgan fingerprint density at radius 2 is 1.69 bits per heavy atom. The van der Waals surface area contributed by atoms with Crippen molar-refractivity contribution in [1.29, 1.82) is 0 Å². The third kappa shape index (κ3) is 5.55. The van der Waals surface area contributed by atoms with Gasteiger partial charge in [-0.3, -0.25) is 19.8 Å². The lowest BCUT2D eigenvalue weighted by atomic mass is 10.1. The maximum absolute atomic E-state index is 13.2. The van der Waals surface area contributed by atoms with Gasteiger partial charge in [-0.25, -0.2) is 4.68 Å². The van der Waals surface area contributed by atoms with Crippen molar-refractivity contribution in [3.05, 3.63) is 99.1 Å². The Labute approximate surface area is 215 Å². The second-order valence-corrected chi connectivity index (χ2v) is 9.38. The Morgan fingerprint density at radius 3 is 2.40 bits per heavy atom. The average molecular weight is 554 g/mol. The summed E-state index contributed by atoms with van der Waals surface area (Å²) >= 11 is 9.54. The first kappa shape index (κ1) is 24.5. The molecule has 3 amide bonds. The molecule has 1 aromatic heterocycles. The molecule has 0 radical (unpaired) electrons. The lowest BCUT2D eigenvalue weighted by molar-refractivity contribution is -0.137. The fourth-order valence-corrected chi connectivity index (χ4v) is 4.32. The van der Waals surface area contributed by atoms with E-state index in [-0.39, 0.29) is 11.7 Å². The van der Waals surface area contributed by atoms with E-state index in [4.69, 9.17) is 11.6 Å². The quantitative estimate of drug-likeness (QED) is 0.282. The number of hydrogen-bond acceptors (Lipinski definition) is 3. The Kier molecular flexibility index (Phi) is 7.23. The number of aryl methyl sites for hydroxylation is 1. The minimum absolute atomic E-state index is 0.141. The van der Waals surface area contributed by atoms with Crippen LogP contribution in [0.4, 0.5) is 5.69 Å². The predicted octanol–water partition coefficient (Wildman–Crippen LogP) is 5.57. The smallest absolute Gasteiger partial charge is 0.328 e. The number of carbonyl (C=O) groups excluding carboxylic acids is 3. The van der Waals surface area contributed by atoms with Gasteiger partial charge in [0, 0.05) is 20.6 Å². The van der Waals surface area contributed by atoms with Gasteiger partial charge in [-0.05, 0) is 67.4 Å². The minimum atomic E-state index is -0.908. The molecular formula is C26H22BrClN4O3. The third-order valence-electron chi connectivity index (χ3n) is 5.50. The van der Waals surface area contributed by atoms with Crippen LogP contribution in [-0.2, 0) is 9.59 Å². The van der Waals surface area contributed by atoms with Crippen LogP contribution >= 0.6 is 27.5 Å². The monoisotopic (exact) mass is 552 g/mol. The van der Waals surface area contributed by atoms with Crippen LogP contribution in [-0.4, -0.2) is 22.4 Å². The summed E-state index contributed by atoms with van der Waals surface area (Å²) in [6.07, 6.45) is 0. The van der Waals surface area contributed by atoms with E-state index >= 15 is 0 Å². The minimum Gasteiger partial charge on any atom is -0.341 e. The second-order valence-electron chi connectivity index (χ2n) is 8.03. The Balaban J connectivity index is 1.60. The topological polar surface area (TPSA) is 92.2 Å². The fraction of sp³-hybridized carbons (Fsp3) is 0.115. The molecule has 0 unspecified atom stereocenters. The van der Waals surface area contributed by atoms with Crippen LogP contribution in [0.5, 0.6) is 0 Å². The number of carbonyl (C=O) groups is 3. The van der Waals surface area contributed by atoms with Gasteiger partial charge in [-0.2, -0.15) is 0 Å². The highest BCUT2D eigenvalue weighted by Gasteiger charge is 2.22. The van der Waals surface area contributed by atoms with Crippen molar-refractivity contribution < 1.29 is 14.4 Å². The number of nitrogens with zero attached hydrogens (tertiary/aromatic N) is 1. The van der Waals surface area contributed by atoms with Crippen LogP contribution in [0.2, 0.25) is 5.02 Å². The van der Waals surface area contributed by atoms with Crippen molar-refractivity contribution in [1.82, 2.24) is 9.99 Å². The summed E-state index contributed by atoms with van der Waals surface area (Å²) in [5.41, 5.74) is 5.55. The zero-order valence-electron chi connectivity index (χ0n) is 18.9. The molecule has 0 fully saturated rings. The van der Waals surface area contributed by atoms with E-state index in [2.05, 4.69) is 32.0 Å². The van der Waals surface area contributed by atoms with E-state index in [0.717, 1.165) is 15.6 Å². The van der Waals surface area contributed by atoms with E-state index in [1.807, 2.05) is 49.4 Å². The number of rotatable bonds is 5. The number of aromatic nitrogens is 1. The van der Waals surface area contributed by atoms with Crippen LogP contribution in [0.15, 0.2) is 77.3 Å². The number of hydrogen-bond donors (Lipinski definition) is 3. The Hall–Kier alpha value is -3.62. The van der Waals surface area contributed by atoms with Crippen molar-refractivity contribution in [2.24, 2.45) is 0 Å². The first-order valence-corrected chi connectivity index (χ1v) is 12.0. The van der Waals surface area contributed by atoms with Gasteiger partial charge in [-0.15, -0.1) is 0 Å². The summed E-state index contributed by atoms with van der Waals surface area (Å²) in [5, 5.41) is 6.65. The van der Waals surface area contributed by atoms with Gasteiger partial charge in [0.15, 0.2) is 0 Å². The maximum Gasteiger partial charge on any atom is 0.328 e. The van der Waals surface area contributed by atoms with Crippen LogP contribution in [0.3, 0.4) is 0 Å². The summed E-state index contributed by atoms with van der Waals surface area (Å²) in [5.74, 6) is -2.19. The van der Waals surface area contributed by atoms with Crippen molar-refractivity contribution in [2.45, 2.75) is 19.9 Å². The zero-order valence-corrected chi connectivity index (χ0v) is 21.3. The molecule has 35 heavy (non-hydrogen) atoms. The normalized spacial score (nSPS) is 11.7. The van der Waals surface area contributed by atoms with Crippen LogP contribution in [0, 0.1) is 6.92 Å². The third-order valence-corrected chi connectivity index (χ3v) is 6.23. The van der Waals surface area contributed by atoms with Gasteiger partial charge in [0.05, 0.1) is 11.6 Å². The highest BCUT2D eigenvalue weighted by Crippen LogP contribution is 2.25. The van der Waals surface area contributed by atoms with Gasteiger partial charge < -0.3 is 10.6 Å². The van der Waals surface area contributed by atoms with Gasteiger partial charge in [0.25, 0.3) is 5.91 Å². The van der Waals surface area contributed by atoms with Gasteiger partial charge in [0.2, 0.25) is 0 Å². The number of amides is 3. The van der Waals surface area contributed by atoms with E-state index in [9.17, 15) is 14.4 Å². The summed E-state index contributed by atoms with van der Waals surface area (Å²) in [6.45, 7) is 3.66. The number of halogens is 2. The number of fused-ring (bicyclic) bond motifs is 1. The molecule has 0 saturated heterocycles. The molecule has 4 aromatic rings. The van der Waals surface area contributed by atoms with Crippen molar-refractivity contribution in [3.63, 3.8) is 0 Å². The highest BCUT2D eigenvalue weighted by molar-refractivity contribution is 9.10. The molecule has 4 rings (SSSR count). The summed E-state index contributed by atoms with van der Waals surface area (Å²) in [7, 11) is 0. The molecule has 3 N–H and O–H groups in total. The zero-order chi connectivity index (χ0) is 25.1. The van der Waals surface area contributed by atoms with Crippen molar-refractivity contribution in [3.8, 4) is 0 Å². The summed E-state index contributed by atoms with van der Waals surface area (Å²) in [6, 6.07) is 21.0. The molecule has 3 aromatic carbocycles. The molecule has 0 aliphatic carbocycles. The molecule has 7 nitrogen and oxygen atoms in total. The molecule has 0 spiro atoms. The number of nitrogens with one attached hydrogen (secondary N) is 3. The predicted molar refractivity (Wildman–Crippen MR) is 141 cm³/mol. The molecule has 9 heteroatoms. The molecule has 0 saturated carbocycles. The standard InChI is InChI=1S/C26H22BrClN4O3/c1-15-12-19(27)8-10-21(15)30-24(33)23-14-18-13-20(28)9-11-22(18)32(23)31-26(35)25(34)29-16(2)17-6-4-3-5-7-17/h3-14,16H,1-2H3,(H,29,34)(H,30,33)(H,31,35)/t16-/m0/s1. The van der Waals surface area contributed by atoms with Crippen LogP contribution in [0.25, 0.3) is 10.9 Å². The van der Waals surface area contributed by atoms with Gasteiger partial charge >= 0.3 is 11.8 Å². The Bertz CT molecular complexity index is 1440. The summed E-state index contributed by atoms with van der Waals surface area (Å²) < 4.78 is 2.18. The maximum atomic E-state index is 13.2. The van der Waals surface area contributed by atoms with E-state index < -0.39 is 17.7 Å². The molecule has 178 valence electrons. The molecule has 0 bridgehead atoms. The Morgan fingerprint density at radius 1 is 0.943 bits per heavy atom. The fourth-order valence-electron chi connectivity index (χ4n) is 3.67. The lowest BCUT2D eigenvalue weighted by Gasteiger charge is -2.16. The van der Waals surface area contributed by atoms with Crippen molar-refractivity contribution in [2.75, 3.05) is 10.7 Å². The SMILES string of the molecule is Cc1cc(Br)ccc1NC(=O)c1cc2cc(Cl)ccc2n1NC(=O)C(=O)N[C@@H](C)c1ccccc1. The van der Waals surface area contributed by atoms with E-state index in [0.29, 0.717) is 21.6 Å². The molecule has 0 aliphatic heterocycles. The summed E-state index contributed by atoms with van der Waals surface area (Å²) in [4.78, 5) is 38.6. The van der Waals surface area contributed by atoms with Crippen LogP contribution in [0.1, 0.15) is 34.6 Å². The highest BCUT2D eigenvalue weighted by atomic mass is 79.9. The first-order valence-electron chi connectivity index (χ1n) is 10.8. The molecule has 1 atom stereocenters. The number of benzene rings is 3. The molecule has 0 aliphatic rings. The van der Waals surface area contributed by atoms with E-state index in [1.165, 1.54) is 4.68 Å². The first-order chi connectivity index (χ1) is 16.7. The second kappa shape index (κ2) is 10.3. The largest absolute Gasteiger partial charge is 0.341 e. The molecular weight excluding hydrogens is 532 g/mol. The van der Waals surface area contributed by atoms with Gasteiger partial charge in [0.1, 0.15) is 5.69 Å². The average Bonchev–Trinajstić information content (AvgIpc) is 3.18. The van der Waals surface area contributed by atoms with Crippen molar-refractivity contribution >= 4 is 61.8 Å². The molecule has 1 heterocycles. The van der Waals surface area contributed by atoms with Gasteiger partial charge in [-0.1, -0.05) is 57.9 Å². The lowest BCUT2D eigenvalue weighted by Crippen LogP contribution is -2.40. The number of anilines is 1.